The maximum atomic E-state index is 12.0. The van der Waals surface area contributed by atoms with Gasteiger partial charge in [-0.1, -0.05) is 24.0 Å². The summed E-state index contributed by atoms with van der Waals surface area (Å²) in [5.41, 5.74) is 6.75. The average molecular weight is 420 g/mol. The summed E-state index contributed by atoms with van der Waals surface area (Å²) >= 11 is 0. The van der Waals surface area contributed by atoms with Crippen LogP contribution in [0.4, 0.5) is 0 Å². The van der Waals surface area contributed by atoms with Crippen molar-refractivity contribution in [1.82, 2.24) is 14.7 Å². The monoisotopic (exact) mass is 420 g/mol. The molecule has 1 unspecified atom stereocenters. The van der Waals surface area contributed by atoms with Gasteiger partial charge in [-0.05, 0) is 49.9 Å². The molecule has 0 spiro atoms. The van der Waals surface area contributed by atoms with Gasteiger partial charge in [0.25, 0.3) is 5.91 Å². The van der Waals surface area contributed by atoms with Gasteiger partial charge >= 0.3 is 0 Å². The maximum Gasteiger partial charge on any atom is 0.269 e. The molecule has 4 rings (SSSR count). The molecule has 0 radical (unpaired) electrons. The molecule has 1 fully saturated rings. The number of carbonyl (C=O) groups is 1. The third-order valence-electron chi connectivity index (χ3n) is 5.62. The zero-order chi connectivity index (χ0) is 22.3. The van der Waals surface area contributed by atoms with Gasteiger partial charge < -0.3 is 21.1 Å². The fourth-order valence-electron chi connectivity index (χ4n) is 3.76. The van der Waals surface area contributed by atoms with E-state index in [1.54, 1.807) is 60.0 Å². The lowest BCUT2D eigenvalue weighted by molar-refractivity contribution is -0.0633. The highest BCUT2D eigenvalue weighted by atomic mass is 16.4. The number of hydrogen-bond acceptors (Lipinski definition) is 6. The second-order valence-corrected chi connectivity index (χ2v) is 7.91. The third-order valence-corrected chi connectivity index (χ3v) is 5.62. The van der Waals surface area contributed by atoms with Crippen LogP contribution in [0.5, 0.6) is 0 Å². The van der Waals surface area contributed by atoms with Crippen LogP contribution in [0.25, 0.3) is 16.6 Å². The molecule has 31 heavy (non-hydrogen) atoms. The lowest BCUT2D eigenvalue weighted by atomic mass is 10.0. The van der Waals surface area contributed by atoms with E-state index in [0.29, 0.717) is 40.7 Å². The number of hydrogen-bond donors (Lipinski definition) is 4. The number of nitrogens with zero attached hydrogens (tertiary/aromatic N) is 3. The van der Waals surface area contributed by atoms with Crippen molar-refractivity contribution in [2.24, 2.45) is 5.73 Å². The van der Waals surface area contributed by atoms with Gasteiger partial charge in [-0.3, -0.25) is 9.69 Å². The molecule has 8 nitrogen and oxygen atoms in total. The van der Waals surface area contributed by atoms with Crippen molar-refractivity contribution < 1.29 is 20.1 Å². The van der Waals surface area contributed by atoms with E-state index in [1.165, 1.54) is 0 Å². The number of amides is 1. The number of benzene rings is 2. The zero-order valence-electron chi connectivity index (χ0n) is 17.3. The fourth-order valence-corrected chi connectivity index (χ4v) is 3.76. The summed E-state index contributed by atoms with van der Waals surface area (Å²) in [6.45, 7) is 2.20. The molecule has 8 heteroatoms. The van der Waals surface area contributed by atoms with E-state index in [9.17, 15) is 20.1 Å². The molecule has 160 valence electrons. The molecule has 1 saturated heterocycles. The topological polar surface area (TPSA) is 125 Å². The van der Waals surface area contributed by atoms with Crippen molar-refractivity contribution in [3.05, 3.63) is 59.3 Å². The van der Waals surface area contributed by atoms with Crippen LogP contribution in [0.3, 0.4) is 0 Å². The molecule has 1 amide bonds. The Labute approximate surface area is 179 Å². The highest BCUT2D eigenvalue weighted by Crippen LogP contribution is 2.27. The molecule has 3 atom stereocenters. The molecule has 2 heterocycles. The normalized spacial score (nSPS) is 22.3. The van der Waals surface area contributed by atoms with E-state index in [4.69, 9.17) is 5.73 Å². The number of likely N-dealkylation sites (tertiary alicyclic amines) is 1. The van der Waals surface area contributed by atoms with Crippen LogP contribution >= 0.6 is 0 Å². The van der Waals surface area contributed by atoms with Gasteiger partial charge in [0.05, 0.1) is 17.3 Å². The summed E-state index contributed by atoms with van der Waals surface area (Å²) in [5.74, 6) is 5.07. The second kappa shape index (κ2) is 7.80. The summed E-state index contributed by atoms with van der Waals surface area (Å²) in [5, 5.41) is 35.6. The summed E-state index contributed by atoms with van der Waals surface area (Å²) in [4.78, 5) is 13.6. The van der Waals surface area contributed by atoms with Gasteiger partial charge in [0, 0.05) is 23.9 Å². The van der Waals surface area contributed by atoms with E-state index < -0.39 is 23.8 Å². The minimum absolute atomic E-state index is 0.111. The molecule has 0 aliphatic carbocycles. The number of likely N-dealkylation sites (N-methyl/N-ethyl adjacent to an activating group) is 1. The van der Waals surface area contributed by atoms with Crippen molar-refractivity contribution in [3.8, 4) is 17.5 Å². The number of nitrogens with two attached hydrogens (primary N) is 1. The standard InChI is InChI=1S/C23H24N4O4/c1-14(28)16-6-7-19-18(13-16)20(21(24)29)25-27(19)17-5-3-4-15(12-17)8-9-23(31)10-11-26(2)22(23)30/h3-7,12-14,22,28,30-31H,10-11H2,1-2H3,(H2,24,29)/t14-,22?,23+/m1/s1. The molecule has 0 bridgehead atoms. The Morgan fingerprint density at radius 2 is 2.10 bits per heavy atom. The predicted octanol–water partition coefficient (Wildman–Crippen LogP) is 0.914. The van der Waals surface area contributed by atoms with Crippen molar-refractivity contribution in [1.29, 1.82) is 0 Å². The quantitative estimate of drug-likeness (QED) is 0.467. The molecule has 1 aromatic heterocycles. The number of aliphatic hydroxyl groups excluding tert-OH is 2. The van der Waals surface area contributed by atoms with Crippen LogP contribution in [0.1, 0.15) is 41.1 Å². The smallest absolute Gasteiger partial charge is 0.269 e. The largest absolute Gasteiger partial charge is 0.389 e. The maximum absolute atomic E-state index is 12.0. The van der Waals surface area contributed by atoms with Crippen LogP contribution < -0.4 is 5.73 Å². The Hall–Kier alpha value is -3.22. The van der Waals surface area contributed by atoms with Crippen molar-refractivity contribution in [3.63, 3.8) is 0 Å². The van der Waals surface area contributed by atoms with E-state index >= 15 is 0 Å². The molecule has 3 aromatic rings. The third kappa shape index (κ3) is 3.80. The van der Waals surface area contributed by atoms with E-state index in [1.807, 2.05) is 6.07 Å². The Morgan fingerprint density at radius 3 is 2.74 bits per heavy atom. The van der Waals surface area contributed by atoms with Gasteiger partial charge in [0.15, 0.2) is 11.3 Å². The Balaban J connectivity index is 1.77. The second-order valence-electron chi connectivity index (χ2n) is 7.91. The number of fused-ring (bicyclic) bond motifs is 1. The first-order valence-corrected chi connectivity index (χ1v) is 9.94. The lowest BCUT2D eigenvalue weighted by Crippen LogP contribution is -2.42. The molecular weight excluding hydrogens is 396 g/mol. The molecular formula is C23H24N4O4. The SMILES string of the molecule is C[C@@H](O)c1ccc2c(c1)c(C(N)=O)nn2-c1cccc(C#C[C@]2(O)CCN(C)C2O)c1. The van der Waals surface area contributed by atoms with Crippen LogP contribution in [0.15, 0.2) is 42.5 Å². The number of carbonyl (C=O) groups excluding carboxylic acids is 1. The number of aliphatic hydroxyl groups is 3. The van der Waals surface area contributed by atoms with Crippen molar-refractivity contribution in [2.75, 3.05) is 13.6 Å². The van der Waals surface area contributed by atoms with Crippen LogP contribution in [0, 0.1) is 11.8 Å². The van der Waals surface area contributed by atoms with Crippen LogP contribution in [-0.2, 0) is 0 Å². The molecule has 1 aliphatic heterocycles. The summed E-state index contributed by atoms with van der Waals surface area (Å²) < 4.78 is 1.60. The first-order valence-electron chi connectivity index (χ1n) is 9.94. The number of rotatable bonds is 3. The Morgan fingerprint density at radius 1 is 1.32 bits per heavy atom. The summed E-state index contributed by atoms with van der Waals surface area (Å²) in [7, 11) is 1.73. The van der Waals surface area contributed by atoms with Crippen LogP contribution in [0.2, 0.25) is 0 Å². The Kier molecular flexibility index (Phi) is 5.29. The van der Waals surface area contributed by atoms with Gasteiger partial charge in [0.2, 0.25) is 0 Å². The minimum atomic E-state index is -1.49. The molecule has 2 aromatic carbocycles. The average Bonchev–Trinajstić information content (AvgIpc) is 3.26. The first kappa shape index (κ1) is 21.0. The van der Waals surface area contributed by atoms with Gasteiger partial charge in [-0.25, -0.2) is 4.68 Å². The van der Waals surface area contributed by atoms with Gasteiger partial charge in [-0.2, -0.15) is 5.10 Å². The fraction of sp³-hybridized carbons (Fsp3) is 0.304. The van der Waals surface area contributed by atoms with Gasteiger partial charge in [-0.15, -0.1) is 0 Å². The van der Waals surface area contributed by atoms with Crippen molar-refractivity contribution in [2.45, 2.75) is 31.3 Å². The molecule has 5 N–H and O–H groups in total. The van der Waals surface area contributed by atoms with E-state index in [0.717, 1.165) is 0 Å². The number of aromatic nitrogens is 2. The molecule has 1 aliphatic rings. The van der Waals surface area contributed by atoms with Crippen molar-refractivity contribution >= 4 is 16.8 Å². The number of primary amides is 1. The van der Waals surface area contributed by atoms with Crippen LogP contribution in [-0.4, -0.2) is 61.3 Å². The van der Waals surface area contributed by atoms with E-state index in [-0.39, 0.29) is 5.69 Å². The molecule has 0 saturated carbocycles. The minimum Gasteiger partial charge on any atom is -0.389 e. The summed E-state index contributed by atoms with van der Waals surface area (Å²) in [6, 6.07) is 12.4. The summed E-state index contributed by atoms with van der Waals surface area (Å²) in [6.07, 6.45) is -1.38. The van der Waals surface area contributed by atoms with Gasteiger partial charge in [0.1, 0.15) is 6.23 Å². The highest BCUT2D eigenvalue weighted by Gasteiger charge is 2.42. The first-order chi connectivity index (χ1) is 14.7. The zero-order valence-corrected chi connectivity index (χ0v) is 17.3. The Bertz CT molecular complexity index is 1220. The van der Waals surface area contributed by atoms with E-state index in [2.05, 4.69) is 16.9 Å². The lowest BCUT2D eigenvalue weighted by Gasteiger charge is -2.22. The highest BCUT2D eigenvalue weighted by molar-refractivity contribution is 6.04. The predicted molar refractivity (Wildman–Crippen MR) is 115 cm³/mol.